The molecule has 1 saturated heterocycles. The van der Waals surface area contributed by atoms with Crippen LogP contribution in [0.1, 0.15) is 53.2 Å². The molecule has 1 fully saturated rings. The predicted octanol–water partition coefficient (Wildman–Crippen LogP) is 2.97. The molecule has 4 amide bonds. The van der Waals surface area contributed by atoms with Gasteiger partial charge in [-0.3, -0.25) is 14.5 Å². The summed E-state index contributed by atoms with van der Waals surface area (Å²) >= 11 is 0. The van der Waals surface area contributed by atoms with Crippen molar-refractivity contribution in [1.82, 2.24) is 15.1 Å². The largest absolute Gasteiger partial charge is 0.466 e. The number of nitrogens with zero attached hydrogens (tertiary/aromatic N) is 2. The highest BCUT2D eigenvalue weighted by molar-refractivity contribution is 6.08. The van der Waals surface area contributed by atoms with Gasteiger partial charge in [0.2, 0.25) is 5.91 Å². The molecule has 0 aromatic carbocycles. The standard InChI is InChI=1S/C20H31N3O4/c1-14(2)8-10-22(11-9-15(3)4)17(24)13-23-18(25)20(5,21-19(23)26)16-7-6-12-27-16/h6-7,12,14-15H,8-11,13H2,1-5H3,(H,21,26). The van der Waals surface area contributed by atoms with Gasteiger partial charge in [0.15, 0.2) is 5.54 Å². The maximum Gasteiger partial charge on any atom is 0.325 e. The van der Waals surface area contributed by atoms with Crippen molar-refractivity contribution in [1.29, 1.82) is 0 Å². The van der Waals surface area contributed by atoms with Crippen LogP contribution in [0.15, 0.2) is 22.8 Å². The van der Waals surface area contributed by atoms with Crippen LogP contribution >= 0.6 is 0 Å². The molecule has 7 nitrogen and oxygen atoms in total. The van der Waals surface area contributed by atoms with Crippen LogP contribution in [0.5, 0.6) is 0 Å². The third-order valence-corrected chi connectivity index (χ3v) is 4.89. The van der Waals surface area contributed by atoms with Gasteiger partial charge in [-0.1, -0.05) is 27.7 Å². The molecule has 1 N–H and O–H groups in total. The van der Waals surface area contributed by atoms with Crippen LogP contribution in [0, 0.1) is 11.8 Å². The van der Waals surface area contributed by atoms with Gasteiger partial charge in [-0.2, -0.15) is 0 Å². The number of urea groups is 1. The number of amides is 4. The molecule has 2 heterocycles. The minimum atomic E-state index is -1.28. The fourth-order valence-electron chi connectivity index (χ4n) is 3.00. The van der Waals surface area contributed by atoms with E-state index in [0.29, 0.717) is 30.7 Å². The normalized spacial score (nSPS) is 19.9. The first-order valence-electron chi connectivity index (χ1n) is 9.61. The minimum Gasteiger partial charge on any atom is -0.466 e. The van der Waals surface area contributed by atoms with Crippen LogP contribution < -0.4 is 5.32 Å². The fourth-order valence-corrected chi connectivity index (χ4v) is 3.00. The van der Waals surface area contributed by atoms with Crippen LogP contribution in [-0.4, -0.2) is 47.3 Å². The summed E-state index contributed by atoms with van der Waals surface area (Å²) in [5.41, 5.74) is -1.28. The Kier molecular flexibility index (Phi) is 6.68. The monoisotopic (exact) mass is 377 g/mol. The molecule has 0 aliphatic carbocycles. The second kappa shape index (κ2) is 8.59. The summed E-state index contributed by atoms with van der Waals surface area (Å²) < 4.78 is 5.31. The number of hydrogen-bond acceptors (Lipinski definition) is 4. The molecular formula is C20H31N3O4. The van der Waals surface area contributed by atoms with E-state index in [-0.39, 0.29) is 12.5 Å². The Hall–Kier alpha value is -2.31. The zero-order valence-corrected chi connectivity index (χ0v) is 16.9. The van der Waals surface area contributed by atoms with Gasteiger partial charge in [0.05, 0.1) is 6.26 Å². The van der Waals surface area contributed by atoms with Gasteiger partial charge in [0.1, 0.15) is 12.3 Å². The first-order valence-corrected chi connectivity index (χ1v) is 9.61. The lowest BCUT2D eigenvalue weighted by molar-refractivity contribution is -0.139. The molecular weight excluding hydrogens is 346 g/mol. The second-order valence-electron chi connectivity index (χ2n) is 8.17. The molecule has 1 atom stereocenters. The Bertz CT molecular complexity index is 657. The SMILES string of the molecule is CC(C)CCN(CCC(C)C)C(=O)CN1C(=O)NC(C)(c2ccco2)C1=O. The molecule has 0 bridgehead atoms. The van der Waals surface area contributed by atoms with E-state index in [4.69, 9.17) is 4.42 Å². The summed E-state index contributed by atoms with van der Waals surface area (Å²) in [5.74, 6) is 0.621. The van der Waals surface area contributed by atoms with Gasteiger partial charge in [0.25, 0.3) is 5.91 Å². The summed E-state index contributed by atoms with van der Waals surface area (Å²) in [6.07, 6.45) is 3.22. The van der Waals surface area contributed by atoms with E-state index in [2.05, 4.69) is 33.0 Å². The number of carbonyl (C=O) groups excluding carboxylic acids is 3. The Morgan fingerprint density at radius 1 is 1.19 bits per heavy atom. The van der Waals surface area contributed by atoms with Gasteiger partial charge in [-0.25, -0.2) is 4.79 Å². The summed E-state index contributed by atoms with van der Waals surface area (Å²) in [4.78, 5) is 40.8. The van der Waals surface area contributed by atoms with E-state index in [1.807, 2.05) is 0 Å². The van der Waals surface area contributed by atoms with Crippen molar-refractivity contribution in [3.63, 3.8) is 0 Å². The van der Waals surface area contributed by atoms with E-state index >= 15 is 0 Å². The summed E-state index contributed by atoms with van der Waals surface area (Å²) in [6.45, 7) is 11.0. The Morgan fingerprint density at radius 3 is 2.26 bits per heavy atom. The quantitative estimate of drug-likeness (QED) is 0.671. The average Bonchev–Trinajstić information content (AvgIpc) is 3.19. The Balaban J connectivity index is 2.09. The highest BCUT2D eigenvalue weighted by atomic mass is 16.3. The number of imide groups is 1. The maximum absolute atomic E-state index is 12.8. The van der Waals surface area contributed by atoms with Gasteiger partial charge < -0.3 is 14.6 Å². The minimum absolute atomic E-state index is 0.205. The molecule has 0 spiro atoms. The molecule has 1 aromatic heterocycles. The zero-order chi connectivity index (χ0) is 20.2. The molecule has 1 aliphatic heterocycles. The molecule has 1 aromatic rings. The van der Waals surface area contributed by atoms with E-state index in [1.165, 1.54) is 6.26 Å². The molecule has 150 valence electrons. The third-order valence-electron chi connectivity index (χ3n) is 4.89. The first-order chi connectivity index (χ1) is 12.6. The van der Waals surface area contributed by atoms with Crippen LogP contribution in [0.4, 0.5) is 4.79 Å². The van der Waals surface area contributed by atoms with E-state index in [0.717, 1.165) is 17.7 Å². The Labute approximate surface area is 161 Å². The zero-order valence-electron chi connectivity index (χ0n) is 16.9. The lowest BCUT2D eigenvalue weighted by Crippen LogP contribution is -2.45. The number of rotatable bonds is 9. The molecule has 1 aliphatic rings. The first kappa shape index (κ1) is 21.0. The van der Waals surface area contributed by atoms with E-state index < -0.39 is 17.5 Å². The smallest absolute Gasteiger partial charge is 0.325 e. The van der Waals surface area contributed by atoms with Gasteiger partial charge in [-0.15, -0.1) is 0 Å². The fraction of sp³-hybridized carbons (Fsp3) is 0.650. The third kappa shape index (κ3) is 4.90. The highest BCUT2D eigenvalue weighted by Crippen LogP contribution is 2.29. The lowest BCUT2D eigenvalue weighted by Gasteiger charge is -2.26. The van der Waals surface area contributed by atoms with Crippen LogP contribution in [-0.2, 0) is 15.1 Å². The number of hydrogen-bond donors (Lipinski definition) is 1. The van der Waals surface area contributed by atoms with Crippen molar-refractivity contribution in [2.45, 2.75) is 53.0 Å². The van der Waals surface area contributed by atoms with Crippen molar-refractivity contribution in [2.24, 2.45) is 11.8 Å². The van der Waals surface area contributed by atoms with E-state index in [9.17, 15) is 14.4 Å². The van der Waals surface area contributed by atoms with Crippen LogP contribution in [0.25, 0.3) is 0 Å². The van der Waals surface area contributed by atoms with Crippen molar-refractivity contribution < 1.29 is 18.8 Å². The molecule has 2 rings (SSSR count). The molecule has 7 heteroatoms. The van der Waals surface area contributed by atoms with Crippen LogP contribution in [0.3, 0.4) is 0 Å². The van der Waals surface area contributed by atoms with Crippen molar-refractivity contribution in [2.75, 3.05) is 19.6 Å². The number of furan rings is 1. The van der Waals surface area contributed by atoms with Crippen molar-refractivity contribution >= 4 is 17.8 Å². The van der Waals surface area contributed by atoms with Gasteiger partial charge >= 0.3 is 6.03 Å². The molecule has 0 radical (unpaired) electrons. The maximum atomic E-state index is 12.8. The van der Waals surface area contributed by atoms with Crippen molar-refractivity contribution in [3.8, 4) is 0 Å². The topological polar surface area (TPSA) is 82.9 Å². The average molecular weight is 377 g/mol. The summed E-state index contributed by atoms with van der Waals surface area (Å²) in [5, 5.41) is 2.65. The Morgan fingerprint density at radius 2 is 1.78 bits per heavy atom. The summed E-state index contributed by atoms with van der Waals surface area (Å²) in [6, 6.07) is 2.73. The van der Waals surface area contributed by atoms with Crippen molar-refractivity contribution in [3.05, 3.63) is 24.2 Å². The molecule has 0 saturated carbocycles. The second-order valence-corrected chi connectivity index (χ2v) is 8.17. The van der Waals surface area contributed by atoms with Gasteiger partial charge in [-0.05, 0) is 43.7 Å². The number of nitrogens with one attached hydrogen (secondary N) is 1. The summed E-state index contributed by atoms with van der Waals surface area (Å²) in [7, 11) is 0. The number of carbonyl (C=O) groups is 3. The van der Waals surface area contributed by atoms with E-state index in [1.54, 1.807) is 24.0 Å². The van der Waals surface area contributed by atoms with Crippen LogP contribution in [0.2, 0.25) is 0 Å². The molecule has 27 heavy (non-hydrogen) atoms. The molecule has 1 unspecified atom stereocenters. The van der Waals surface area contributed by atoms with Gasteiger partial charge in [0, 0.05) is 13.1 Å². The lowest BCUT2D eigenvalue weighted by atomic mass is 9.99. The highest BCUT2D eigenvalue weighted by Gasteiger charge is 2.51. The predicted molar refractivity (Wildman–Crippen MR) is 102 cm³/mol.